The molecule has 0 aliphatic carbocycles. The Kier molecular flexibility index (Phi) is 7.44. The first kappa shape index (κ1) is 24.1. The molecule has 1 N–H and O–H groups in total. The highest BCUT2D eigenvalue weighted by Gasteiger charge is 2.54. The molecule has 3 aromatic rings. The van der Waals surface area contributed by atoms with Gasteiger partial charge < -0.3 is 14.6 Å². The number of para-hydroxylation sites is 2. The first-order chi connectivity index (χ1) is 16.3. The van der Waals surface area contributed by atoms with Crippen LogP contribution in [0.2, 0.25) is 0 Å². The highest BCUT2D eigenvalue weighted by Crippen LogP contribution is 2.46. The molecule has 1 aromatic heterocycles. The van der Waals surface area contributed by atoms with Gasteiger partial charge in [-0.25, -0.2) is 14.6 Å². The molecule has 2 atom stereocenters. The van der Waals surface area contributed by atoms with Gasteiger partial charge >= 0.3 is 11.9 Å². The normalized spacial score (nSPS) is 17.2. The number of nitrogens with zero attached hydrogens (tertiary/aromatic N) is 2. The summed E-state index contributed by atoms with van der Waals surface area (Å²) in [5.41, 5.74) is 1.20. The second-order valence-electron chi connectivity index (χ2n) is 7.39. The lowest BCUT2D eigenvalue weighted by Crippen LogP contribution is -2.64. The summed E-state index contributed by atoms with van der Waals surface area (Å²) in [4.78, 5) is 42.8. The Morgan fingerprint density at radius 1 is 1.12 bits per heavy atom. The number of carboxylic acids is 1. The maximum atomic E-state index is 12.9. The van der Waals surface area contributed by atoms with E-state index in [1.165, 1.54) is 37.8 Å². The van der Waals surface area contributed by atoms with Crippen LogP contribution in [-0.4, -0.2) is 50.9 Å². The van der Waals surface area contributed by atoms with Crippen LogP contribution >= 0.6 is 32.9 Å². The fourth-order valence-electron chi connectivity index (χ4n) is 3.25. The summed E-state index contributed by atoms with van der Waals surface area (Å²) in [6.07, 6.45) is -1.13. The van der Waals surface area contributed by atoms with Gasteiger partial charge in [0.1, 0.15) is 16.8 Å². The van der Waals surface area contributed by atoms with Gasteiger partial charge in [-0.3, -0.25) is 9.69 Å². The van der Waals surface area contributed by atoms with Crippen molar-refractivity contribution in [3.63, 3.8) is 0 Å². The third-order valence-corrected chi connectivity index (χ3v) is 8.75. The zero-order valence-electron chi connectivity index (χ0n) is 18.2. The van der Waals surface area contributed by atoms with E-state index in [1.807, 2.05) is 30.3 Å². The van der Waals surface area contributed by atoms with Crippen molar-refractivity contribution in [3.8, 4) is 5.75 Å². The third kappa shape index (κ3) is 5.21. The van der Waals surface area contributed by atoms with Crippen molar-refractivity contribution in [1.82, 2.24) is 9.88 Å². The topological polar surface area (TPSA) is 106 Å². The van der Waals surface area contributed by atoms with Crippen LogP contribution in [0, 0.1) is 0 Å². The number of allylic oxidation sites excluding steroid dienone is 1. The number of β-lactam (4-membered cyclic amide) rings is 1. The molecule has 1 aliphatic heterocycles. The van der Waals surface area contributed by atoms with Gasteiger partial charge in [-0.1, -0.05) is 41.1 Å². The molecular formula is C23H20N2O6S3. The molecule has 0 saturated carbocycles. The van der Waals surface area contributed by atoms with Gasteiger partial charge in [0.05, 0.1) is 10.2 Å². The molecule has 1 saturated heterocycles. The maximum Gasteiger partial charge on any atom is 0.352 e. The Labute approximate surface area is 207 Å². The average Bonchev–Trinajstić information content (AvgIpc) is 3.24. The first-order valence-corrected chi connectivity index (χ1v) is 13.2. The van der Waals surface area contributed by atoms with Gasteiger partial charge in [-0.2, -0.15) is 0 Å². The summed E-state index contributed by atoms with van der Waals surface area (Å²) < 4.78 is 12.6. The summed E-state index contributed by atoms with van der Waals surface area (Å²) in [7, 11) is 2.54. The smallest absolute Gasteiger partial charge is 0.352 e. The van der Waals surface area contributed by atoms with Crippen molar-refractivity contribution in [1.29, 1.82) is 0 Å². The number of aromatic nitrogens is 1. The highest BCUT2D eigenvalue weighted by atomic mass is 33.1. The monoisotopic (exact) mass is 516 g/mol. The number of aliphatic carboxylic acids is 1. The second-order valence-corrected chi connectivity index (χ2v) is 11.0. The van der Waals surface area contributed by atoms with Gasteiger partial charge in [-0.15, -0.1) is 11.3 Å². The summed E-state index contributed by atoms with van der Waals surface area (Å²) >= 11 is 1.49. The lowest BCUT2D eigenvalue weighted by atomic mass is 10.1. The van der Waals surface area contributed by atoms with E-state index in [-0.39, 0.29) is 12.3 Å². The van der Waals surface area contributed by atoms with Gasteiger partial charge in [0.15, 0.2) is 10.9 Å². The molecule has 176 valence electrons. The number of carbonyl (C=O) groups excluding carboxylic acids is 2. The fraction of sp³-hybridized carbons (Fsp3) is 0.217. The van der Waals surface area contributed by atoms with E-state index in [0.29, 0.717) is 11.3 Å². The number of likely N-dealkylation sites (tertiary alicyclic amines) is 1. The molecule has 2 aromatic carbocycles. The molecule has 2 heterocycles. The Balaban J connectivity index is 1.48. The average molecular weight is 517 g/mol. The molecule has 11 heteroatoms. The van der Waals surface area contributed by atoms with Crippen LogP contribution in [0.5, 0.6) is 5.75 Å². The Hall–Kier alpha value is -3.02. The summed E-state index contributed by atoms with van der Waals surface area (Å²) in [5, 5.41) is 8.94. The Morgan fingerprint density at radius 2 is 1.82 bits per heavy atom. The molecule has 0 bridgehead atoms. The largest absolute Gasteiger partial charge is 0.482 e. The molecule has 1 aliphatic rings. The van der Waals surface area contributed by atoms with Crippen LogP contribution in [0.15, 0.2) is 70.2 Å². The van der Waals surface area contributed by atoms with Gasteiger partial charge in [0.2, 0.25) is 6.10 Å². The zero-order valence-corrected chi connectivity index (χ0v) is 20.6. The summed E-state index contributed by atoms with van der Waals surface area (Å²) in [6.45, 7) is 2.86. The standard InChI is InChI=1S/C23H20N2O6S3/c1-13(2)18(22(28)29)25-20(27)19(31-17(26)12-30-14-8-4-3-5-9-14)21(25)33-34-23-24-15-10-6-7-11-16(15)32-23/h3-11,19,21H,12H2,1-2H3,(H,28,29)/t19-,21+/m0/s1. The van der Waals surface area contributed by atoms with Gasteiger partial charge in [0, 0.05) is 0 Å². The molecule has 0 radical (unpaired) electrons. The second kappa shape index (κ2) is 10.5. The van der Waals surface area contributed by atoms with Crippen molar-refractivity contribution in [2.45, 2.75) is 29.7 Å². The van der Waals surface area contributed by atoms with Gasteiger partial charge in [0.25, 0.3) is 5.91 Å². The molecule has 1 fully saturated rings. The minimum absolute atomic E-state index is 0.125. The van der Waals surface area contributed by atoms with Crippen LogP contribution in [0.4, 0.5) is 0 Å². The fourth-order valence-corrected chi connectivity index (χ4v) is 7.11. The van der Waals surface area contributed by atoms with Crippen molar-refractivity contribution in [3.05, 3.63) is 65.9 Å². The molecule has 0 spiro atoms. The van der Waals surface area contributed by atoms with Crippen LogP contribution in [0.25, 0.3) is 10.2 Å². The van der Waals surface area contributed by atoms with Crippen molar-refractivity contribution < 1.29 is 29.0 Å². The zero-order chi connectivity index (χ0) is 24.2. The minimum Gasteiger partial charge on any atom is -0.482 e. The van der Waals surface area contributed by atoms with Crippen molar-refractivity contribution in [2.75, 3.05) is 6.61 Å². The number of thiazole rings is 1. The number of benzene rings is 2. The predicted molar refractivity (Wildman–Crippen MR) is 132 cm³/mol. The van der Waals surface area contributed by atoms with E-state index in [2.05, 4.69) is 4.98 Å². The van der Waals surface area contributed by atoms with Crippen LogP contribution in [-0.2, 0) is 19.1 Å². The summed E-state index contributed by atoms with van der Waals surface area (Å²) in [5.74, 6) is -2.03. The van der Waals surface area contributed by atoms with Gasteiger partial charge in [-0.05, 0) is 54.5 Å². The number of carbonyl (C=O) groups is 3. The lowest BCUT2D eigenvalue weighted by molar-refractivity contribution is -0.176. The van der Waals surface area contributed by atoms with Crippen molar-refractivity contribution in [2.24, 2.45) is 0 Å². The molecule has 4 rings (SSSR count). The van der Waals surface area contributed by atoms with E-state index in [0.717, 1.165) is 14.6 Å². The molecule has 34 heavy (non-hydrogen) atoms. The van der Waals surface area contributed by atoms with Crippen LogP contribution in [0.1, 0.15) is 13.8 Å². The Bertz CT molecular complexity index is 1220. The number of carboxylic acid groups (broad SMARTS) is 1. The van der Waals surface area contributed by atoms with E-state index < -0.39 is 29.3 Å². The van der Waals surface area contributed by atoms with Crippen LogP contribution in [0.3, 0.4) is 0 Å². The summed E-state index contributed by atoms with van der Waals surface area (Å²) in [6, 6.07) is 16.5. The minimum atomic E-state index is -1.22. The number of hydrogen-bond acceptors (Lipinski definition) is 9. The number of rotatable bonds is 9. The highest BCUT2D eigenvalue weighted by molar-refractivity contribution is 8.77. The maximum absolute atomic E-state index is 12.9. The third-order valence-electron chi connectivity index (χ3n) is 4.76. The van der Waals surface area contributed by atoms with E-state index >= 15 is 0 Å². The number of ether oxygens (including phenoxy) is 2. The van der Waals surface area contributed by atoms with E-state index in [1.54, 1.807) is 38.1 Å². The molecule has 0 unspecified atom stereocenters. The predicted octanol–water partition coefficient (Wildman–Crippen LogP) is 4.57. The van der Waals surface area contributed by atoms with E-state index in [4.69, 9.17) is 9.47 Å². The van der Waals surface area contributed by atoms with Crippen molar-refractivity contribution >= 4 is 61.0 Å². The Morgan fingerprint density at radius 3 is 2.50 bits per heavy atom. The SMILES string of the molecule is CC(C)=C(C(=O)O)N1C(=O)[C@H](OC(=O)COc2ccccc2)[C@H]1SSc1nc2ccccc2s1. The molecule has 1 amide bonds. The number of amides is 1. The van der Waals surface area contributed by atoms with Crippen LogP contribution < -0.4 is 4.74 Å². The molecule has 8 nitrogen and oxygen atoms in total. The number of hydrogen-bond donors (Lipinski definition) is 1. The molecular weight excluding hydrogens is 496 g/mol. The lowest BCUT2D eigenvalue weighted by Gasteiger charge is -2.45. The van der Waals surface area contributed by atoms with E-state index in [9.17, 15) is 19.5 Å². The number of fused-ring (bicyclic) bond motifs is 1. The quantitative estimate of drug-likeness (QED) is 0.189. The first-order valence-electron chi connectivity index (χ1n) is 10.1. The number of esters is 1.